The first-order valence-corrected chi connectivity index (χ1v) is 11.0. The fraction of sp³-hybridized carbons (Fsp3) is 0.273. The zero-order valence-electron chi connectivity index (χ0n) is 16.8. The van der Waals surface area contributed by atoms with Crippen LogP contribution in [0.1, 0.15) is 39.8 Å². The monoisotopic (exact) mass is 457 g/mol. The number of hydrogen-bond donors (Lipinski definition) is 0. The van der Waals surface area contributed by atoms with E-state index in [4.69, 9.17) is 4.98 Å². The SMILES string of the molecule is O=C(c1cn(-c2ccccc2C(F)(F)F)nn1)N1CCC(c2nc3ccccc3s2)CC1. The molecule has 1 amide bonds. The van der Waals surface area contributed by atoms with E-state index in [1.165, 1.54) is 24.4 Å². The highest BCUT2D eigenvalue weighted by atomic mass is 32.1. The minimum atomic E-state index is -4.53. The van der Waals surface area contributed by atoms with Gasteiger partial charge in [-0.15, -0.1) is 16.4 Å². The number of rotatable bonds is 3. The van der Waals surface area contributed by atoms with Gasteiger partial charge < -0.3 is 4.90 Å². The molecule has 2 aromatic heterocycles. The maximum atomic E-state index is 13.3. The molecule has 4 aromatic rings. The molecule has 1 aliphatic heterocycles. The number of aromatic nitrogens is 4. The lowest BCUT2D eigenvalue weighted by molar-refractivity contribution is -0.137. The number of alkyl halides is 3. The minimum absolute atomic E-state index is 0.0282. The van der Waals surface area contributed by atoms with Gasteiger partial charge in [-0.1, -0.05) is 29.5 Å². The summed E-state index contributed by atoms with van der Waals surface area (Å²) in [5, 5.41) is 8.69. The Balaban J connectivity index is 1.29. The van der Waals surface area contributed by atoms with Crippen LogP contribution in [0.15, 0.2) is 54.7 Å². The van der Waals surface area contributed by atoms with Gasteiger partial charge in [0.25, 0.3) is 5.91 Å². The summed E-state index contributed by atoms with van der Waals surface area (Å²) in [6.45, 7) is 1.07. The van der Waals surface area contributed by atoms with E-state index in [2.05, 4.69) is 16.4 Å². The Kier molecular flexibility index (Phi) is 5.16. The van der Waals surface area contributed by atoms with Crippen molar-refractivity contribution in [1.29, 1.82) is 0 Å². The summed E-state index contributed by atoms with van der Waals surface area (Å²) in [4.78, 5) is 19.3. The van der Waals surface area contributed by atoms with Crippen LogP contribution in [0.4, 0.5) is 13.2 Å². The summed E-state index contributed by atoms with van der Waals surface area (Å²) in [5.41, 5.74) is 0.0174. The molecule has 3 heterocycles. The van der Waals surface area contributed by atoms with E-state index in [-0.39, 0.29) is 23.2 Å². The highest BCUT2D eigenvalue weighted by Gasteiger charge is 2.34. The number of carbonyl (C=O) groups is 1. The Labute approximate surface area is 185 Å². The molecule has 164 valence electrons. The fourth-order valence-electron chi connectivity index (χ4n) is 3.95. The van der Waals surface area contributed by atoms with Gasteiger partial charge in [-0.3, -0.25) is 4.79 Å². The minimum Gasteiger partial charge on any atom is -0.337 e. The molecule has 6 nitrogen and oxygen atoms in total. The molecule has 1 aliphatic rings. The summed E-state index contributed by atoms with van der Waals surface area (Å²) < 4.78 is 42.0. The molecule has 0 spiro atoms. The normalized spacial score (nSPS) is 15.4. The molecule has 0 radical (unpaired) electrons. The standard InChI is InChI=1S/C22H18F3N5OS/c23-22(24,25)15-5-1-3-7-18(15)30-13-17(27-28-30)21(31)29-11-9-14(10-12-29)20-26-16-6-2-4-8-19(16)32-20/h1-8,13-14H,9-12H2. The van der Waals surface area contributed by atoms with Crippen LogP contribution in [0.3, 0.4) is 0 Å². The van der Waals surface area contributed by atoms with Crippen LogP contribution >= 0.6 is 11.3 Å². The number of carbonyl (C=O) groups excluding carboxylic acids is 1. The zero-order valence-corrected chi connectivity index (χ0v) is 17.6. The van der Waals surface area contributed by atoms with Gasteiger partial charge in [-0.05, 0) is 37.1 Å². The number of likely N-dealkylation sites (tertiary alicyclic amines) is 1. The fourth-order valence-corrected chi connectivity index (χ4v) is 5.09. The second-order valence-electron chi connectivity index (χ2n) is 7.65. The maximum absolute atomic E-state index is 13.3. The Morgan fingerprint density at radius 2 is 1.75 bits per heavy atom. The van der Waals surface area contributed by atoms with Crippen LogP contribution in [0, 0.1) is 0 Å². The van der Waals surface area contributed by atoms with Crippen molar-refractivity contribution in [3.05, 3.63) is 71.0 Å². The van der Waals surface area contributed by atoms with Gasteiger partial charge in [0.1, 0.15) is 0 Å². The molecule has 0 N–H and O–H groups in total. The van der Waals surface area contributed by atoms with Crippen LogP contribution in [0.5, 0.6) is 0 Å². The van der Waals surface area contributed by atoms with Crippen LogP contribution in [-0.4, -0.2) is 43.9 Å². The molecular formula is C22H18F3N5OS. The van der Waals surface area contributed by atoms with Gasteiger partial charge in [-0.2, -0.15) is 13.2 Å². The van der Waals surface area contributed by atoms with Gasteiger partial charge in [0, 0.05) is 19.0 Å². The molecule has 0 saturated carbocycles. The van der Waals surface area contributed by atoms with Gasteiger partial charge in [0.05, 0.1) is 32.7 Å². The largest absolute Gasteiger partial charge is 0.418 e. The van der Waals surface area contributed by atoms with Gasteiger partial charge >= 0.3 is 6.18 Å². The molecule has 1 saturated heterocycles. The number of fused-ring (bicyclic) bond motifs is 1. The summed E-state index contributed by atoms with van der Waals surface area (Å²) in [6, 6.07) is 13.1. The first kappa shape index (κ1) is 20.6. The predicted octanol–water partition coefficient (Wildman–Crippen LogP) is 4.92. The third-order valence-corrected chi connectivity index (χ3v) is 6.81. The van der Waals surface area contributed by atoms with Crippen molar-refractivity contribution in [2.24, 2.45) is 0 Å². The molecule has 0 bridgehead atoms. The number of amides is 1. The number of thiazole rings is 1. The van der Waals surface area contributed by atoms with E-state index < -0.39 is 11.7 Å². The topological polar surface area (TPSA) is 63.9 Å². The lowest BCUT2D eigenvalue weighted by Crippen LogP contribution is -2.38. The summed E-state index contributed by atoms with van der Waals surface area (Å²) >= 11 is 1.68. The maximum Gasteiger partial charge on any atom is 0.418 e. The Bertz CT molecular complexity index is 1240. The summed E-state index contributed by atoms with van der Waals surface area (Å²) in [6.07, 6.45) is -1.73. The second kappa shape index (κ2) is 8.01. The van der Waals surface area contributed by atoms with Crippen molar-refractivity contribution in [3.63, 3.8) is 0 Å². The average molecular weight is 457 g/mol. The highest BCUT2D eigenvalue weighted by molar-refractivity contribution is 7.18. The molecule has 0 unspecified atom stereocenters. The molecule has 0 atom stereocenters. The molecule has 0 aliphatic carbocycles. The summed E-state index contributed by atoms with van der Waals surface area (Å²) in [7, 11) is 0. The molecule has 10 heteroatoms. The third kappa shape index (κ3) is 3.86. The molecule has 1 fully saturated rings. The van der Waals surface area contributed by atoms with E-state index in [9.17, 15) is 18.0 Å². The Morgan fingerprint density at radius 1 is 1.03 bits per heavy atom. The van der Waals surface area contributed by atoms with Crippen molar-refractivity contribution < 1.29 is 18.0 Å². The Hall–Kier alpha value is -3.27. The predicted molar refractivity (Wildman–Crippen MR) is 114 cm³/mol. The first-order valence-electron chi connectivity index (χ1n) is 10.1. The lowest BCUT2D eigenvalue weighted by Gasteiger charge is -2.30. The quantitative estimate of drug-likeness (QED) is 0.438. The molecule has 5 rings (SSSR count). The number of piperidine rings is 1. The van der Waals surface area contributed by atoms with Crippen LogP contribution in [-0.2, 0) is 6.18 Å². The first-order chi connectivity index (χ1) is 15.4. The zero-order chi connectivity index (χ0) is 22.3. The number of nitrogens with zero attached hydrogens (tertiary/aromatic N) is 5. The van der Waals surface area contributed by atoms with E-state index in [1.54, 1.807) is 16.2 Å². The Morgan fingerprint density at radius 3 is 2.50 bits per heavy atom. The van der Waals surface area contributed by atoms with Crippen LogP contribution < -0.4 is 0 Å². The number of benzene rings is 2. The average Bonchev–Trinajstić information content (AvgIpc) is 3.46. The van der Waals surface area contributed by atoms with E-state index >= 15 is 0 Å². The van der Waals surface area contributed by atoms with Crippen molar-refractivity contribution in [2.45, 2.75) is 24.9 Å². The van der Waals surface area contributed by atoms with Gasteiger partial charge in [0.15, 0.2) is 5.69 Å². The lowest BCUT2D eigenvalue weighted by atomic mass is 9.97. The van der Waals surface area contributed by atoms with E-state index in [0.717, 1.165) is 38.8 Å². The van der Waals surface area contributed by atoms with Gasteiger partial charge in [0.2, 0.25) is 0 Å². The number of para-hydroxylation sites is 2. The number of hydrogen-bond acceptors (Lipinski definition) is 5. The smallest absolute Gasteiger partial charge is 0.337 e. The molecule has 2 aromatic carbocycles. The van der Waals surface area contributed by atoms with Crippen LogP contribution in [0.2, 0.25) is 0 Å². The molecular weight excluding hydrogens is 439 g/mol. The van der Waals surface area contributed by atoms with Gasteiger partial charge in [-0.25, -0.2) is 9.67 Å². The van der Waals surface area contributed by atoms with Crippen molar-refractivity contribution in [3.8, 4) is 5.69 Å². The van der Waals surface area contributed by atoms with E-state index in [0.29, 0.717) is 13.1 Å². The van der Waals surface area contributed by atoms with E-state index in [1.807, 2.05) is 18.2 Å². The van der Waals surface area contributed by atoms with Crippen molar-refractivity contribution in [1.82, 2.24) is 24.9 Å². The molecule has 32 heavy (non-hydrogen) atoms. The number of halogens is 3. The summed E-state index contributed by atoms with van der Waals surface area (Å²) in [5.74, 6) is -0.0470. The van der Waals surface area contributed by atoms with Crippen LogP contribution in [0.25, 0.3) is 15.9 Å². The third-order valence-electron chi connectivity index (χ3n) is 5.61. The highest BCUT2D eigenvalue weighted by Crippen LogP contribution is 2.35. The van der Waals surface area contributed by atoms with Crippen molar-refractivity contribution >= 4 is 27.5 Å². The second-order valence-corrected chi connectivity index (χ2v) is 8.71. The van der Waals surface area contributed by atoms with Crippen molar-refractivity contribution in [2.75, 3.05) is 13.1 Å².